The van der Waals surface area contributed by atoms with Crippen LogP contribution in [-0.4, -0.2) is 10.4 Å². The molecule has 1 aromatic rings. The number of carbonyl (C=O) groups excluding carboxylic acids is 1. The van der Waals surface area contributed by atoms with E-state index in [2.05, 4.69) is 4.57 Å². The van der Waals surface area contributed by atoms with Gasteiger partial charge in [-0.3, -0.25) is 4.79 Å². The summed E-state index contributed by atoms with van der Waals surface area (Å²) in [6, 6.07) is 1.96. The molecule has 16 heavy (non-hydrogen) atoms. The van der Waals surface area contributed by atoms with Crippen LogP contribution < -0.4 is 0 Å². The first-order valence-corrected chi connectivity index (χ1v) is 6.37. The highest BCUT2D eigenvalue weighted by Crippen LogP contribution is 2.26. The molecule has 0 spiro atoms. The van der Waals surface area contributed by atoms with Gasteiger partial charge in [-0.25, -0.2) is 0 Å². The maximum absolute atomic E-state index is 11.8. The Morgan fingerprint density at radius 3 is 2.75 bits per heavy atom. The van der Waals surface area contributed by atoms with Gasteiger partial charge in [0.1, 0.15) is 0 Å². The lowest BCUT2D eigenvalue weighted by molar-refractivity contribution is 0.0939. The quantitative estimate of drug-likeness (QED) is 0.710. The van der Waals surface area contributed by atoms with Crippen molar-refractivity contribution in [1.82, 2.24) is 4.57 Å². The van der Waals surface area contributed by atoms with Crippen molar-refractivity contribution in [2.75, 3.05) is 0 Å². The number of rotatable bonds is 4. The van der Waals surface area contributed by atoms with E-state index >= 15 is 0 Å². The second-order valence-electron chi connectivity index (χ2n) is 5.27. The lowest BCUT2D eigenvalue weighted by Crippen LogP contribution is -2.08. The number of Topliss-reactive ketones (excluding diaryl/α,β-unsaturated/α-hetero) is 1. The molecule has 2 nitrogen and oxygen atoms in total. The summed E-state index contributed by atoms with van der Waals surface area (Å²) in [5.41, 5.74) is 0.869. The van der Waals surface area contributed by atoms with Crippen molar-refractivity contribution < 1.29 is 4.79 Å². The smallest absolute Gasteiger partial charge is 0.166 e. The normalized spacial score (nSPS) is 17.2. The van der Waals surface area contributed by atoms with Crippen molar-refractivity contribution >= 4 is 5.78 Å². The van der Waals surface area contributed by atoms with Crippen molar-refractivity contribution in [1.29, 1.82) is 0 Å². The Balaban J connectivity index is 1.99. The molecule has 0 saturated heterocycles. The van der Waals surface area contributed by atoms with Crippen molar-refractivity contribution in [3.63, 3.8) is 0 Å². The summed E-state index contributed by atoms with van der Waals surface area (Å²) in [6.45, 7) is 5.00. The van der Waals surface area contributed by atoms with Crippen LogP contribution in [0.2, 0.25) is 0 Å². The van der Waals surface area contributed by atoms with Crippen LogP contribution in [0, 0.1) is 11.8 Å². The molecule has 0 radical (unpaired) electrons. The van der Waals surface area contributed by atoms with E-state index in [-0.39, 0.29) is 11.7 Å². The Bertz CT molecular complexity index is 359. The van der Waals surface area contributed by atoms with Crippen LogP contribution in [0.5, 0.6) is 0 Å². The zero-order chi connectivity index (χ0) is 11.5. The number of aromatic nitrogens is 1. The molecule has 1 aliphatic carbocycles. The molecular formula is C14H21NO. The van der Waals surface area contributed by atoms with E-state index in [9.17, 15) is 4.79 Å². The maximum atomic E-state index is 11.8. The van der Waals surface area contributed by atoms with Crippen LogP contribution in [0.15, 0.2) is 18.5 Å². The molecular weight excluding hydrogens is 198 g/mol. The summed E-state index contributed by atoms with van der Waals surface area (Å²) in [5.74, 6) is 1.18. The third-order valence-electron chi connectivity index (χ3n) is 3.50. The SMILES string of the molecule is CC(C)C(=O)c1ccn(CC2CCCC2)c1. The number of nitrogens with zero attached hydrogens (tertiary/aromatic N) is 1. The first kappa shape index (κ1) is 11.4. The van der Waals surface area contributed by atoms with E-state index in [0.717, 1.165) is 18.0 Å². The highest BCUT2D eigenvalue weighted by molar-refractivity contribution is 5.97. The van der Waals surface area contributed by atoms with Gasteiger partial charge in [-0.2, -0.15) is 0 Å². The fourth-order valence-corrected chi connectivity index (χ4v) is 2.52. The van der Waals surface area contributed by atoms with Crippen molar-refractivity contribution in [3.05, 3.63) is 24.0 Å². The summed E-state index contributed by atoms with van der Waals surface area (Å²) in [4.78, 5) is 11.8. The van der Waals surface area contributed by atoms with Crippen molar-refractivity contribution in [2.24, 2.45) is 11.8 Å². The predicted octanol–water partition coefficient (Wildman–Crippen LogP) is 3.52. The topological polar surface area (TPSA) is 22.0 Å². The largest absolute Gasteiger partial charge is 0.353 e. The third-order valence-corrected chi connectivity index (χ3v) is 3.50. The van der Waals surface area contributed by atoms with Gasteiger partial charge in [0.25, 0.3) is 0 Å². The van der Waals surface area contributed by atoms with Gasteiger partial charge in [0.15, 0.2) is 5.78 Å². The second-order valence-corrected chi connectivity index (χ2v) is 5.27. The standard InChI is InChI=1S/C14H21NO/c1-11(2)14(16)13-7-8-15(10-13)9-12-5-3-4-6-12/h7-8,10-12H,3-6,9H2,1-2H3. The molecule has 1 saturated carbocycles. The molecule has 2 rings (SSSR count). The highest BCUT2D eigenvalue weighted by Gasteiger charge is 2.16. The third kappa shape index (κ3) is 2.55. The molecule has 1 aromatic heterocycles. The van der Waals surface area contributed by atoms with Gasteiger partial charge in [0.2, 0.25) is 0 Å². The van der Waals surface area contributed by atoms with Gasteiger partial charge in [0.05, 0.1) is 0 Å². The summed E-state index contributed by atoms with van der Waals surface area (Å²) in [7, 11) is 0. The average Bonchev–Trinajstić information content (AvgIpc) is 2.88. The average molecular weight is 219 g/mol. The minimum Gasteiger partial charge on any atom is -0.353 e. The number of hydrogen-bond donors (Lipinski definition) is 0. The van der Waals surface area contributed by atoms with E-state index in [0.29, 0.717) is 0 Å². The van der Waals surface area contributed by atoms with E-state index in [1.165, 1.54) is 25.7 Å². The van der Waals surface area contributed by atoms with Crippen LogP contribution in [0.1, 0.15) is 49.9 Å². The molecule has 88 valence electrons. The monoisotopic (exact) mass is 219 g/mol. The van der Waals surface area contributed by atoms with Crippen LogP contribution in [0.4, 0.5) is 0 Å². The fourth-order valence-electron chi connectivity index (χ4n) is 2.52. The molecule has 1 fully saturated rings. The number of carbonyl (C=O) groups is 1. The van der Waals surface area contributed by atoms with Gasteiger partial charge in [-0.15, -0.1) is 0 Å². The van der Waals surface area contributed by atoms with E-state index < -0.39 is 0 Å². The van der Waals surface area contributed by atoms with E-state index in [1.807, 2.05) is 32.3 Å². The summed E-state index contributed by atoms with van der Waals surface area (Å²) >= 11 is 0. The summed E-state index contributed by atoms with van der Waals surface area (Å²) < 4.78 is 2.19. The molecule has 1 aliphatic rings. The molecule has 0 bridgehead atoms. The first-order valence-electron chi connectivity index (χ1n) is 6.37. The summed E-state index contributed by atoms with van der Waals surface area (Å²) in [5, 5.41) is 0. The zero-order valence-electron chi connectivity index (χ0n) is 10.3. The molecule has 2 heteroatoms. The van der Waals surface area contributed by atoms with Crippen LogP contribution in [-0.2, 0) is 6.54 Å². The van der Waals surface area contributed by atoms with Crippen molar-refractivity contribution in [2.45, 2.75) is 46.1 Å². The fraction of sp³-hybridized carbons (Fsp3) is 0.643. The molecule has 0 N–H and O–H groups in total. The first-order chi connectivity index (χ1) is 7.66. The molecule has 0 aromatic carbocycles. The van der Waals surface area contributed by atoms with Gasteiger partial charge in [-0.1, -0.05) is 26.7 Å². The highest BCUT2D eigenvalue weighted by atomic mass is 16.1. The van der Waals surface area contributed by atoms with Crippen LogP contribution in [0.3, 0.4) is 0 Å². The van der Waals surface area contributed by atoms with Gasteiger partial charge >= 0.3 is 0 Å². The Labute approximate surface area is 97.7 Å². The molecule has 0 unspecified atom stereocenters. The number of ketones is 1. The Morgan fingerprint density at radius 1 is 1.44 bits per heavy atom. The molecule has 0 aliphatic heterocycles. The molecule has 0 atom stereocenters. The van der Waals surface area contributed by atoms with Crippen LogP contribution >= 0.6 is 0 Å². The van der Waals surface area contributed by atoms with E-state index in [1.54, 1.807) is 0 Å². The Morgan fingerprint density at radius 2 is 2.12 bits per heavy atom. The number of hydrogen-bond acceptors (Lipinski definition) is 1. The van der Waals surface area contributed by atoms with Crippen LogP contribution in [0.25, 0.3) is 0 Å². The minimum absolute atomic E-state index is 0.0994. The lowest BCUT2D eigenvalue weighted by atomic mass is 10.0. The van der Waals surface area contributed by atoms with Crippen molar-refractivity contribution in [3.8, 4) is 0 Å². The van der Waals surface area contributed by atoms with Gasteiger partial charge in [-0.05, 0) is 24.8 Å². The minimum atomic E-state index is 0.0994. The predicted molar refractivity (Wildman–Crippen MR) is 65.6 cm³/mol. The molecule has 1 heterocycles. The lowest BCUT2D eigenvalue weighted by Gasteiger charge is -2.09. The summed E-state index contributed by atoms with van der Waals surface area (Å²) in [6.07, 6.45) is 9.53. The molecule has 0 amide bonds. The Hall–Kier alpha value is -1.05. The Kier molecular flexibility index (Phi) is 3.47. The zero-order valence-corrected chi connectivity index (χ0v) is 10.3. The second kappa shape index (κ2) is 4.86. The van der Waals surface area contributed by atoms with Gasteiger partial charge < -0.3 is 4.57 Å². The van der Waals surface area contributed by atoms with Gasteiger partial charge in [0, 0.05) is 30.4 Å². The van der Waals surface area contributed by atoms with E-state index in [4.69, 9.17) is 0 Å². The maximum Gasteiger partial charge on any atom is 0.166 e.